The summed E-state index contributed by atoms with van der Waals surface area (Å²) >= 11 is 0. The number of H-pyrrole nitrogens is 1. The fraction of sp³-hybridized carbons (Fsp3) is 0.696. The lowest BCUT2D eigenvalue weighted by Gasteiger charge is -2.32. The van der Waals surface area contributed by atoms with E-state index in [2.05, 4.69) is 25.1 Å². The molecule has 2 aromatic rings. The van der Waals surface area contributed by atoms with Crippen LogP contribution in [0.3, 0.4) is 0 Å². The molecule has 3 rings (SSSR count). The number of hydrogen-bond donors (Lipinski definition) is 6. The number of hydrogen-bond acceptors (Lipinski definition) is 14. The van der Waals surface area contributed by atoms with Gasteiger partial charge in [0.25, 0.3) is 12.0 Å². The van der Waals surface area contributed by atoms with Crippen molar-refractivity contribution in [1.29, 1.82) is 0 Å². The second-order valence-electron chi connectivity index (χ2n) is 10.5. The van der Waals surface area contributed by atoms with Crippen LogP contribution in [-0.4, -0.2) is 96.7 Å². The molecule has 20 heteroatoms. The number of aromatic amines is 1. The maximum atomic E-state index is 15.5. The van der Waals surface area contributed by atoms with E-state index < -0.39 is 86.9 Å². The summed E-state index contributed by atoms with van der Waals surface area (Å²) in [7, 11) is -4.43. The second-order valence-corrected chi connectivity index (χ2v) is 12.4. The van der Waals surface area contributed by atoms with Crippen molar-refractivity contribution in [2.24, 2.45) is 0 Å². The Balaban J connectivity index is 1.93. The molecule has 0 aliphatic carbocycles. The molecule has 7 N–H and O–H groups in total. The van der Waals surface area contributed by atoms with Crippen LogP contribution in [0.5, 0.6) is 0 Å². The number of ether oxygens (including phenoxy) is 3. The van der Waals surface area contributed by atoms with Crippen molar-refractivity contribution in [2.45, 2.75) is 96.4 Å². The topological polar surface area (TPSA) is 225 Å². The molecule has 0 aromatic carbocycles. The second kappa shape index (κ2) is 13.4. The number of aromatic nitrogens is 4. The van der Waals surface area contributed by atoms with Gasteiger partial charge in [0.2, 0.25) is 5.95 Å². The first-order valence-electron chi connectivity index (χ1n) is 13.1. The number of nitrogens with two attached hydrogens (primary N) is 1. The smallest absolute Gasteiger partial charge is 0.430 e. The summed E-state index contributed by atoms with van der Waals surface area (Å²) in [6.07, 6.45) is -10.9. The van der Waals surface area contributed by atoms with Gasteiger partial charge in [-0.15, -0.1) is 10.2 Å². The minimum Gasteiger partial charge on any atom is -0.462 e. The first kappa shape index (κ1) is 34.6. The van der Waals surface area contributed by atoms with E-state index in [1.165, 1.54) is 13.8 Å². The van der Waals surface area contributed by atoms with Gasteiger partial charge in [0.1, 0.15) is 24.8 Å². The van der Waals surface area contributed by atoms with E-state index in [1.54, 1.807) is 27.7 Å². The minimum absolute atomic E-state index is 0.302. The molecule has 0 unspecified atom stereocenters. The molecule has 0 saturated carbocycles. The van der Waals surface area contributed by atoms with Crippen molar-refractivity contribution in [3.63, 3.8) is 0 Å². The number of esters is 2. The highest BCUT2D eigenvalue weighted by Crippen LogP contribution is 2.52. The largest absolute Gasteiger partial charge is 0.462 e. The number of carbonyl (C=O) groups is 2. The molecular weight excluding hydrogens is 606 g/mol. The molecular formula is C23H36F3N7O9P+. The molecule has 1 aliphatic heterocycles. The van der Waals surface area contributed by atoms with Gasteiger partial charge < -0.3 is 25.1 Å². The number of anilines is 1. The van der Waals surface area contributed by atoms with Crippen molar-refractivity contribution in [3.8, 4) is 0 Å². The Bertz CT molecular complexity index is 1330. The fourth-order valence-electron chi connectivity index (χ4n) is 4.09. The van der Waals surface area contributed by atoms with Crippen LogP contribution >= 0.6 is 8.02 Å². The Morgan fingerprint density at radius 1 is 1.16 bits per heavy atom. The monoisotopic (exact) mass is 642 g/mol. The predicted octanol–water partition coefficient (Wildman–Crippen LogP) is 0.479. The van der Waals surface area contributed by atoms with Gasteiger partial charge in [-0.25, -0.2) is 18.2 Å². The zero-order chi connectivity index (χ0) is 32.4. The third-order valence-electron chi connectivity index (χ3n) is 6.13. The van der Waals surface area contributed by atoms with Gasteiger partial charge in [-0.3, -0.25) is 23.9 Å². The highest BCUT2D eigenvalue weighted by molar-refractivity contribution is 7.61. The number of alkyl halides is 3. The molecule has 3 heterocycles. The van der Waals surface area contributed by atoms with Crippen LogP contribution in [0.1, 0.15) is 47.8 Å². The number of nitrogens with zero attached hydrogens (tertiary/aromatic N) is 3. The van der Waals surface area contributed by atoms with E-state index in [9.17, 15) is 33.2 Å². The van der Waals surface area contributed by atoms with Crippen LogP contribution in [0.15, 0.2) is 11.1 Å². The molecule has 1 aliphatic rings. The zero-order valence-corrected chi connectivity index (χ0v) is 25.0. The van der Waals surface area contributed by atoms with Crippen molar-refractivity contribution < 1.29 is 51.5 Å². The first-order chi connectivity index (χ1) is 19.9. The van der Waals surface area contributed by atoms with Gasteiger partial charge in [0.15, 0.2) is 29.2 Å². The highest BCUT2D eigenvalue weighted by Gasteiger charge is 2.64. The SMILES string of the molecule is CC(C)OC(=O)[C@H](C)N[P+](O)(N[C@@H](C)C(=O)OC(C)C)OC[C@@]1(C(F)F)O[C@@H](n2cnc3c(=O)[nH]c(N)nc32)[C@@H](F)[C@@H]1O. The van der Waals surface area contributed by atoms with Crippen molar-refractivity contribution in [1.82, 2.24) is 29.7 Å². The van der Waals surface area contributed by atoms with Crippen LogP contribution < -0.4 is 21.5 Å². The van der Waals surface area contributed by atoms with Gasteiger partial charge in [-0.1, -0.05) is 0 Å². The number of halogens is 3. The van der Waals surface area contributed by atoms with Crippen molar-refractivity contribution >= 4 is 37.1 Å². The first-order valence-corrected chi connectivity index (χ1v) is 14.8. The number of imidazole rings is 1. The quantitative estimate of drug-likeness (QED) is 0.129. The number of aliphatic hydroxyl groups is 1. The molecule has 0 radical (unpaired) electrons. The molecule has 1 fully saturated rings. The summed E-state index contributed by atoms with van der Waals surface area (Å²) in [5.41, 5.74) is 1.04. The minimum atomic E-state index is -4.43. The van der Waals surface area contributed by atoms with E-state index in [0.29, 0.717) is 0 Å². The predicted molar refractivity (Wildman–Crippen MR) is 145 cm³/mol. The molecule has 0 amide bonds. The van der Waals surface area contributed by atoms with E-state index in [4.69, 9.17) is 24.5 Å². The summed E-state index contributed by atoms with van der Waals surface area (Å²) in [4.78, 5) is 58.2. The molecule has 1 saturated heterocycles. The Morgan fingerprint density at radius 3 is 2.19 bits per heavy atom. The van der Waals surface area contributed by atoms with E-state index >= 15 is 4.39 Å². The number of carbonyl (C=O) groups excluding carboxylic acids is 2. The van der Waals surface area contributed by atoms with Crippen molar-refractivity contribution in [3.05, 3.63) is 16.7 Å². The van der Waals surface area contributed by atoms with Crippen molar-refractivity contribution in [2.75, 3.05) is 12.3 Å². The molecule has 43 heavy (non-hydrogen) atoms. The Kier molecular flexibility index (Phi) is 10.7. The van der Waals surface area contributed by atoms with E-state index in [0.717, 1.165) is 10.9 Å². The number of rotatable bonds is 13. The van der Waals surface area contributed by atoms with Crippen LogP contribution in [0.4, 0.5) is 19.1 Å². The summed E-state index contributed by atoms with van der Waals surface area (Å²) in [5.74, 6) is -2.08. The summed E-state index contributed by atoms with van der Waals surface area (Å²) in [6, 6.07) is -2.60. The van der Waals surface area contributed by atoms with Gasteiger partial charge in [-0.05, 0) is 41.5 Å². The van der Waals surface area contributed by atoms with Crippen LogP contribution in [-0.2, 0) is 28.3 Å². The Morgan fingerprint density at radius 2 is 1.70 bits per heavy atom. The molecule has 0 bridgehead atoms. The lowest BCUT2D eigenvalue weighted by Crippen LogP contribution is -2.53. The summed E-state index contributed by atoms with van der Waals surface area (Å²) in [6.45, 7) is 7.49. The Hall–Kier alpha value is -2.93. The average Bonchev–Trinajstić information content (AvgIpc) is 3.41. The fourth-order valence-corrected chi connectivity index (χ4v) is 5.97. The Labute approximate surface area is 244 Å². The van der Waals surface area contributed by atoms with Gasteiger partial charge in [-0.2, -0.15) is 14.4 Å². The van der Waals surface area contributed by atoms with E-state index in [-0.39, 0.29) is 17.1 Å². The highest BCUT2D eigenvalue weighted by atomic mass is 31.2. The van der Waals surface area contributed by atoms with Gasteiger partial charge in [0, 0.05) is 0 Å². The van der Waals surface area contributed by atoms with Gasteiger partial charge >= 0.3 is 20.0 Å². The van der Waals surface area contributed by atoms with Gasteiger partial charge in [0.05, 0.1) is 18.5 Å². The molecule has 242 valence electrons. The number of nitrogens with one attached hydrogen (secondary N) is 3. The zero-order valence-electron chi connectivity index (χ0n) is 24.2. The normalized spacial score (nSPS) is 24.2. The number of fused-ring (bicyclic) bond motifs is 1. The average molecular weight is 643 g/mol. The number of aliphatic hydroxyl groups excluding tert-OH is 1. The maximum absolute atomic E-state index is 15.5. The number of nitrogen functional groups attached to an aromatic ring is 1. The molecule has 2 aromatic heterocycles. The third kappa shape index (κ3) is 7.60. The summed E-state index contributed by atoms with van der Waals surface area (Å²) < 4.78 is 66.5. The molecule has 0 spiro atoms. The van der Waals surface area contributed by atoms with Crippen LogP contribution in [0, 0.1) is 0 Å². The lowest BCUT2D eigenvalue weighted by molar-refractivity contribution is -0.192. The van der Waals surface area contributed by atoms with E-state index in [1.807, 2.05) is 0 Å². The maximum Gasteiger partial charge on any atom is 0.430 e. The molecule has 6 atom stereocenters. The third-order valence-corrected chi connectivity index (χ3v) is 8.11. The summed E-state index contributed by atoms with van der Waals surface area (Å²) in [5, 5.41) is 15.5. The standard InChI is InChI=1S/C23H35F3N7O9P/c1-9(2)40-19(36)11(5)31-43(38,32-12(6)20(37)41-10(3)4)39-7-23(21(25)26)15(34)13(24)18(42-23)33-8-28-14-16(33)29-22(27)30-17(14)35/h8-13,15,18,21,31-32,34,38H,7H2,1-6H3,(H2-,27,29,30,35)/p+1/t11-,12-,13-,15-,18+,23+/m0/s1. The van der Waals surface area contributed by atoms with Crippen LogP contribution in [0.25, 0.3) is 11.2 Å². The van der Waals surface area contributed by atoms with Crippen LogP contribution in [0.2, 0.25) is 0 Å². The lowest BCUT2D eigenvalue weighted by atomic mass is 9.97. The molecule has 16 nitrogen and oxygen atoms in total.